The van der Waals surface area contributed by atoms with E-state index in [0.717, 1.165) is 17.3 Å². The first-order valence-electron chi connectivity index (χ1n) is 6.94. The number of carbonyl (C=O) groups is 1. The summed E-state index contributed by atoms with van der Waals surface area (Å²) in [4.78, 5) is 12.0. The molecular formula is C14H18BrNO5S. The van der Waals surface area contributed by atoms with E-state index >= 15 is 0 Å². The van der Waals surface area contributed by atoms with Crippen LogP contribution in [0.15, 0.2) is 33.6 Å². The predicted molar refractivity (Wildman–Crippen MR) is 83.9 cm³/mol. The summed E-state index contributed by atoms with van der Waals surface area (Å²) in [5.41, 5.74) is 0. The topological polar surface area (TPSA) is 81.7 Å². The van der Waals surface area contributed by atoms with Crippen LogP contribution in [0.2, 0.25) is 0 Å². The third kappa shape index (κ3) is 4.77. The number of sulfonamides is 1. The van der Waals surface area contributed by atoms with Crippen LogP contribution >= 0.6 is 15.9 Å². The molecule has 1 aliphatic heterocycles. The average Bonchev–Trinajstić information content (AvgIpc) is 2.98. The second kappa shape index (κ2) is 7.54. The van der Waals surface area contributed by atoms with E-state index < -0.39 is 22.0 Å². The van der Waals surface area contributed by atoms with Gasteiger partial charge in [-0.25, -0.2) is 13.1 Å². The molecule has 0 radical (unpaired) electrons. The summed E-state index contributed by atoms with van der Waals surface area (Å²) in [6.45, 7) is 2.50. The van der Waals surface area contributed by atoms with Crippen LogP contribution in [0.5, 0.6) is 0 Å². The summed E-state index contributed by atoms with van der Waals surface area (Å²) < 4.78 is 37.7. The third-order valence-corrected chi connectivity index (χ3v) is 5.18. The van der Waals surface area contributed by atoms with Crippen LogP contribution in [0.3, 0.4) is 0 Å². The van der Waals surface area contributed by atoms with Crippen molar-refractivity contribution in [2.75, 3.05) is 13.2 Å². The molecule has 0 saturated carbocycles. The molecule has 2 atom stereocenters. The summed E-state index contributed by atoms with van der Waals surface area (Å²) in [7, 11) is -3.89. The molecule has 0 bridgehead atoms. The van der Waals surface area contributed by atoms with Gasteiger partial charge in [-0.05, 0) is 44.0 Å². The summed E-state index contributed by atoms with van der Waals surface area (Å²) in [6, 6.07) is 6.02. The van der Waals surface area contributed by atoms with Crippen molar-refractivity contribution in [2.24, 2.45) is 0 Å². The van der Waals surface area contributed by atoms with Crippen molar-refractivity contribution in [2.45, 2.75) is 36.9 Å². The van der Waals surface area contributed by atoms with Gasteiger partial charge < -0.3 is 9.47 Å². The van der Waals surface area contributed by atoms with E-state index in [0.29, 0.717) is 6.61 Å². The van der Waals surface area contributed by atoms with Gasteiger partial charge in [-0.2, -0.15) is 0 Å². The smallest absolute Gasteiger partial charge is 0.264 e. The number of rotatable bonds is 6. The van der Waals surface area contributed by atoms with Crippen molar-refractivity contribution in [3.05, 3.63) is 28.7 Å². The van der Waals surface area contributed by atoms with E-state index in [1.54, 1.807) is 12.1 Å². The molecule has 0 aliphatic carbocycles. The summed E-state index contributed by atoms with van der Waals surface area (Å²) in [5.74, 6) is -0.694. The first-order valence-corrected chi connectivity index (χ1v) is 9.21. The number of halogens is 1. The Morgan fingerprint density at radius 2 is 2.14 bits per heavy atom. The molecule has 1 aliphatic rings. The molecule has 122 valence electrons. The van der Waals surface area contributed by atoms with Crippen LogP contribution < -0.4 is 4.72 Å². The first kappa shape index (κ1) is 17.4. The van der Waals surface area contributed by atoms with Crippen molar-refractivity contribution in [3.8, 4) is 0 Å². The number of ether oxygens (including phenoxy) is 2. The maximum atomic E-state index is 12.1. The molecule has 22 heavy (non-hydrogen) atoms. The zero-order chi connectivity index (χ0) is 16.2. The Morgan fingerprint density at radius 1 is 1.45 bits per heavy atom. The Bertz CT molecular complexity index is 611. The predicted octanol–water partition coefficient (Wildman–Crippen LogP) is 1.84. The second-order valence-corrected chi connectivity index (χ2v) is 7.63. The minimum absolute atomic E-state index is 0.0154. The standard InChI is InChI=1S/C14H18BrNO5S/c1-10(21-9-12-3-2-8-20-12)14(17)16-22(18,19)13-6-4-11(15)5-7-13/h4-7,10,12H,2-3,8-9H2,1H3,(H,16,17)/t10-,12-/m1/s1. The van der Waals surface area contributed by atoms with Crippen LogP contribution in [0.4, 0.5) is 0 Å². The minimum Gasteiger partial charge on any atom is -0.376 e. The third-order valence-electron chi connectivity index (χ3n) is 3.28. The Hall–Kier alpha value is -0.960. The molecular weight excluding hydrogens is 374 g/mol. The zero-order valence-corrected chi connectivity index (χ0v) is 14.5. The van der Waals surface area contributed by atoms with Crippen molar-refractivity contribution in [3.63, 3.8) is 0 Å². The van der Waals surface area contributed by atoms with Gasteiger partial charge in [-0.3, -0.25) is 4.79 Å². The largest absolute Gasteiger partial charge is 0.376 e. The molecule has 1 saturated heterocycles. The van der Waals surface area contributed by atoms with Gasteiger partial charge in [0.25, 0.3) is 15.9 Å². The lowest BCUT2D eigenvalue weighted by atomic mass is 10.2. The Balaban J connectivity index is 1.90. The maximum absolute atomic E-state index is 12.1. The van der Waals surface area contributed by atoms with E-state index in [-0.39, 0.29) is 17.6 Å². The normalized spacial score (nSPS) is 19.8. The van der Waals surface area contributed by atoms with Gasteiger partial charge >= 0.3 is 0 Å². The van der Waals surface area contributed by atoms with Crippen molar-refractivity contribution in [1.82, 2.24) is 4.72 Å². The molecule has 2 rings (SSSR count). The van der Waals surface area contributed by atoms with Gasteiger partial charge in [-0.15, -0.1) is 0 Å². The highest BCUT2D eigenvalue weighted by Gasteiger charge is 2.24. The van der Waals surface area contributed by atoms with Crippen molar-refractivity contribution < 1.29 is 22.7 Å². The van der Waals surface area contributed by atoms with E-state index in [9.17, 15) is 13.2 Å². The number of carbonyl (C=O) groups excluding carboxylic acids is 1. The van der Waals surface area contributed by atoms with Crippen LogP contribution in [0.25, 0.3) is 0 Å². The molecule has 0 unspecified atom stereocenters. The van der Waals surface area contributed by atoms with Gasteiger partial charge in [0.2, 0.25) is 0 Å². The van der Waals surface area contributed by atoms with Gasteiger partial charge in [0.1, 0.15) is 6.10 Å². The highest BCUT2D eigenvalue weighted by atomic mass is 79.9. The molecule has 8 heteroatoms. The monoisotopic (exact) mass is 391 g/mol. The molecule has 6 nitrogen and oxygen atoms in total. The minimum atomic E-state index is -3.89. The number of hydrogen-bond donors (Lipinski definition) is 1. The molecule has 1 amide bonds. The SMILES string of the molecule is C[C@@H](OC[C@H]1CCCO1)C(=O)NS(=O)(=O)c1ccc(Br)cc1. The maximum Gasteiger partial charge on any atom is 0.264 e. The Labute approximate surface area is 138 Å². The van der Waals surface area contributed by atoms with Crippen LogP contribution in [0, 0.1) is 0 Å². The Morgan fingerprint density at radius 3 is 2.73 bits per heavy atom. The fraction of sp³-hybridized carbons (Fsp3) is 0.500. The fourth-order valence-corrected chi connectivity index (χ4v) is 3.30. The van der Waals surface area contributed by atoms with Gasteiger partial charge in [0.15, 0.2) is 0 Å². The molecule has 0 spiro atoms. The Kier molecular flexibility index (Phi) is 5.96. The molecule has 1 N–H and O–H groups in total. The van der Waals surface area contributed by atoms with Gasteiger partial charge in [-0.1, -0.05) is 15.9 Å². The summed E-state index contributed by atoms with van der Waals surface area (Å²) >= 11 is 3.22. The average molecular weight is 392 g/mol. The van der Waals surface area contributed by atoms with Gasteiger partial charge in [0.05, 0.1) is 17.6 Å². The number of nitrogens with one attached hydrogen (secondary N) is 1. The highest BCUT2D eigenvalue weighted by molar-refractivity contribution is 9.10. The van der Waals surface area contributed by atoms with E-state index in [4.69, 9.17) is 9.47 Å². The highest BCUT2D eigenvalue weighted by Crippen LogP contribution is 2.15. The number of benzene rings is 1. The fourth-order valence-electron chi connectivity index (χ4n) is 1.99. The molecule has 1 heterocycles. The first-order chi connectivity index (χ1) is 10.4. The van der Waals surface area contributed by atoms with E-state index in [2.05, 4.69) is 15.9 Å². The zero-order valence-electron chi connectivity index (χ0n) is 12.1. The molecule has 1 aromatic carbocycles. The second-order valence-electron chi connectivity index (χ2n) is 5.03. The summed E-state index contributed by atoms with van der Waals surface area (Å²) in [6.07, 6.45) is 0.991. The van der Waals surface area contributed by atoms with Crippen LogP contribution in [0.1, 0.15) is 19.8 Å². The number of amides is 1. The van der Waals surface area contributed by atoms with Gasteiger partial charge in [0, 0.05) is 11.1 Å². The van der Waals surface area contributed by atoms with Crippen LogP contribution in [-0.4, -0.2) is 39.7 Å². The van der Waals surface area contributed by atoms with E-state index in [1.165, 1.54) is 19.1 Å². The lowest BCUT2D eigenvalue weighted by Crippen LogP contribution is -2.39. The van der Waals surface area contributed by atoms with Crippen molar-refractivity contribution >= 4 is 31.9 Å². The van der Waals surface area contributed by atoms with Crippen molar-refractivity contribution in [1.29, 1.82) is 0 Å². The lowest BCUT2D eigenvalue weighted by Gasteiger charge is -2.16. The molecule has 0 aromatic heterocycles. The summed E-state index contributed by atoms with van der Waals surface area (Å²) in [5, 5.41) is 0. The number of hydrogen-bond acceptors (Lipinski definition) is 5. The molecule has 1 fully saturated rings. The lowest BCUT2D eigenvalue weighted by molar-refractivity contribution is -0.131. The quantitative estimate of drug-likeness (QED) is 0.799. The molecule has 1 aromatic rings. The van der Waals surface area contributed by atoms with E-state index in [1.807, 2.05) is 4.72 Å². The van der Waals surface area contributed by atoms with Crippen LogP contribution in [-0.2, 0) is 24.3 Å².